The summed E-state index contributed by atoms with van der Waals surface area (Å²) in [6, 6.07) is 26.1. The van der Waals surface area contributed by atoms with Crippen molar-refractivity contribution < 1.29 is 4.79 Å². The van der Waals surface area contributed by atoms with Gasteiger partial charge in [-0.05, 0) is 11.6 Å². The molecule has 0 atom stereocenters. The lowest BCUT2D eigenvalue weighted by atomic mass is 10.1. The van der Waals surface area contributed by atoms with Crippen LogP contribution in [0.15, 0.2) is 84.2 Å². The van der Waals surface area contributed by atoms with Gasteiger partial charge in [0.25, 0.3) is 5.91 Å². The number of amides is 1. The molecule has 0 aliphatic rings. The fraction of sp³-hybridized carbons (Fsp3) is 0.0400. The molecule has 6 heteroatoms. The summed E-state index contributed by atoms with van der Waals surface area (Å²) < 4.78 is 1.01. The first kappa shape index (κ1) is 19.9. The zero-order chi connectivity index (χ0) is 21.2. The second-order valence-corrected chi connectivity index (χ2v) is 9.31. The van der Waals surface area contributed by atoms with E-state index >= 15 is 0 Å². The van der Waals surface area contributed by atoms with Crippen LogP contribution in [0.5, 0.6) is 0 Å². The Morgan fingerprint density at radius 1 is 0.903 bits per heavy atom. The van der Waals surface area contributed by atoms with Crippen molar-refractivity contribution in [1.82, 2.24) is 10.3 Å². The van der Waals surface area contributed by atoms with E-state index in [-0.39, 0.29) is 5.91 Å². The molecule has 0 aliphatic heterocycles. The lowest BCUT2D eigenvalue weighted by Crippen LogP contribution is -2.22. The molecule has 0 fully saturated rings. The maximum Gasteiger partial charge on any atom is 0.263 e. The number of thiazole rings is 1. The van der Waals surface area contributed by atoms with Crippen molar-refractivity contribution in [2.45, 2.75) is 6.54 Å². The molecule has 3 nitrogen and oxygen atoms in total. The molecule has 2 aromatic heterocycles. The minimum atomic E-state index is -0.151. The molecular formula is C25H17ClN2OS2. The van der Waals surface area contributed by atoms with Crippen LogP contribution in [0.2, 0.25) is 5.02 Å². The zero-order valence-corrected chi connectivity index (χ0v) is 18.7. The van der Waals surface area contributed by atoms with Crippen LogP contribution in [-0.4, -0.2) is 10.9 Å². The van der Waals surface area contributed by atoms with Crippen molar-refractivity contribution in [3.8, 4) is 21.8 Å². The number of hydrogen-bond acceptors (Lipinski definition) is 4. The van der Waals surface area contributed by atoms with E-state index in [2.05, 4.69) is 22.8 Å². The number of hydrogen-bond donors (Lipinski definition) is 1. The molecule has 1 amide bonds. The molecule has 3 aromatic carbocycles. The number of carbonyl (C=O) groups is 1. The van der Waals surface area contributed by atoms with Gasteiger partial charge in [-0.3, -0.25) is 4.79 Å². The second-order valence-electron chi connectivity index (χ2n) is 7.02. The average molecular weight is 461 g/mol. The zero-order valence-electron chi connectivity index (χ0n) is 16.3. The summed E-state index contributed by atoms with van der Waals surface area (Å²) in [4.78, 5) is 18.0. The first-order valence-electron chi connectivity index (χ1n) is 9.74. The van der Waals surface area contributed by atoms with E-state index in [1.54, 1.807) is 11.3 Å². The molecule has 0 unspecified atom stereocenters. The van der Waals surface area contributed by atoms with E-state index < -0.39 is 0 Å². The van der Waals surface area contributed by atoms with Crippen molar-refractivity contribution in [2.75, 3.05) is 0 Å². The summed E-state index contributed by atoms with van der Waals surface area (Å²) in [5, 5.41) is 7.49. The minimum absolute atomic E-state index is 0.151. The summed E-state index contributed by atoms with van der Waals surface area (Å²) in [6.45, 7) is 0.440. The minimum Gasteiger partial charge on any atom is -0.347 e. The highest BCUT2D eigenvalue weighted by molar-refractivity contribution is 7.21. The number of nitrogens with one attached hydrogen (secondary N) is 1. The van der Waals surface area contributed by atoms with Gasteiger partial charge >= 0.3 is 0 Å². The van der Waals surface area contributed by atoms with Crippen LogP contribution >= 0.6 is 34.3 Å². The van der Waals surface area contributed by atoms with Crippen LogP contribution < -0.4 is 5.32 Å². The Morgan fingerprint density at radius 3 is 2.42 bits per heavy atom. The van der Waals surface area contributed by atoms with E-state index in [1.165, 1.54) is 11.3 Å². The molecule has 152 valence electrons. The number of thiophene rings is 1. The Bertz CT molecular complexity index is 1360. The molecule has 31 heavy (non-hydrogen) atoms. The third kappa shape index (κ3) is 4.12. The molecule has 5 rings (SSSR count). The fourth-order valence-corrected chi connectivity index (χ4v) is 5.60. The lowest BCUT2D eigenvalue weighted by molar-refractivity contribution is 0.0955. The fourth-order valence-electron chi connectivity index (χ4n) is 3.34. The van der Waals surface area contributed by atoms with Crippen LogP contribution in [0.3, 0.4) is 0 Å². The maximum absolute atomic E-state index is 12.6. The number of carbonyl (C=O) groups excluding carboxylic acids is 1. The number of halogens is 1. The third-order valence-corrected chi connectivity index (χ3v) is 7.53. The highest BCUT2D eigenvalue weighted by Gasteiger charge is 2.16. The highest BCUT2D eigenvalue weighted by Crippen LogP contribution is 2.35. The van der Waals surface area contributed by atoms with Gasteiger partial charge in [-0.25, -0.2) is 4.98 Å². The third-order valence-electron chi connectivity index (χ3n) is 4.97. The molecular weight excluding hydrogens is 444 g/mol. The first-order valence-corrected chi connectivity index (χ1v) is 11.8. The summed E-state index contributed by atoms with van der Waals surface area (Å²) in [7, 11) is 0. The molecule has 2 heterocycles. The van der Waals surface area contributed by atoms with Crippen molar-refractivity contribution in [3.63, 3.8) is 0 Å². The standard InChI is InChI=1S/C25H17ClN2OS2/c26-22-19-8-4-5-9-21(19)31-23(22)24(29)27-14-16-10-12-17(13-11-16)20-15-30-25(28-20)18-6-2-1-3-7-18/h1-13,15H,14H2,(H,27,29). The molecule has 0 aliphatic carbocycles. The average Bonchev–Trinajstić information content (AvgIpc) is 3.44. The predicted molar refractivity (Wildman–Crippen MR) is 131 cm³/mol. The van der Waals surface area contributed by atoms with Gasteiger partial charge in [-0.15, -0.1) is 22.7 Å². The Kier molecular flexibility index (Phi) is 5.55. The number of rotatable bonds is 5. The van der Waals surface area contributed by atoms with E-state index in [0.717, 1.165) is 37.5 Å². The van der Waals surface area contributed by atoms with Crippen LogP contribution in [0.25, 0.3) is 31.9 Å². The van der Waals surface area contributed by atoms with Crippen LogP contribution in [0.4, 0.5) is 0 Å². The Balaban J connectivity index is 1.27. The van der Waals surface area contributed by atoms with Crippen molar-refractivity contribution in [2.24, 2.45) is 0 Å². The predicted octanol–water partition coefficient (Wildman–Crippen LogP) is 7.28. The molecule has 0 saturated carbocycles. The van der Waals surface area contributed by atoms with E-state index in [4.69, 9.17) is 16.6 Å². The van der Waals surface area contributed by atoms with Gasteiger partial charge in [0.2, 0.25) is 0 Å². The number of fused-ring (bicyclic) bond motifs is 1. The van der Waals surface area contributed by atoms with Crippen molar-refractivity contribution in [3.05, 3.63) is 99.7 Å². The molecule has 0 radical (unpaired) electrons. The van der Waals surface area contributed by atoms with Gasteiger partial charge in [-0.1, -0.05) is 84.4 Å². The second kappa shape index (κ2) is 8.63. The number of benzene rings is 3. The van der Waals surface area contributed by atoms with Gasteiger partial charge in [0.15, 0.2) is 0 Å². The Morgan fingerprint density at radius 2 is 1.65 bits per heavy atom. The monoisotopic (exact) mass is 460 g/mol. The first-order chi connectivity index (χ1) is 15.2. The van der Waals surface area contributed by atoms with Gasteiger partial charge in [0.1, 0.15) is 9.88 Å². The molecule has 0 saturated heterocycles. The molecule has 1 N–H and O–H groups in total. The summed E-state index contributed by atoms with van der Waals surface area (Å²) in [5.41, 5.74) is 4.16. The SMILES string of the molecule is O=C(NCc1ccc(-c2csc(-c3ccccc3)n2)cc1)c1sc2ccccc2c1Cl. The summed E-state index contributed by atoms with van der Waals surface area (Å²) >= 11 is 9.47. The van der Waals surface area contributed by atoms with Gasteiger partial charge in [0, 0.05) is 33.1 Å². The normalized spacial score (nSPS) is 11.0. The van der Waals surface area contributed by atoms with E-state index in [9.17, 15) is 4.79 Å². The van der Waals surface area contributed by atoms with Gasteiger partial charge in [-0.2, -0.15) is 0 Å². The summed E-state index contributed by atoms with van der Waals surface area (Å²) in [5.74, 6) is -0.151. The van der Waals surface area contributed by atoms with Crippen molar-refractivity contribution in [1.29, 1.82) is 0 Å². The number of nitrogens with zero attached hydrogens (tertiary/aromatic N) is 1. The molecule has 0 bridgehead atoms. The lowest BCUT2D eigenvalue weighted by Gasteiger charge is -2.05. The smallest absolute Gasteiger partial charge is 0.263 e. The number of aromatic nitrogens is 1. The van der Waals surface area contributed by atoms with Gasteiger partial charge < -0.3 is 5.32 Å². The van der Waals surface area contributed by atoms with Crippen LogP contribution in [-0.2, 0) is 6.54 Å². The quantitative estimate of drug-likeness (QED) is 0.299. The molecule has 0 spiro atoms. The van der Waals surface area contributed by atoms with Gasteiger partial charge in [0.05, 0.1) is 10.7 Å². The largest absolute Gasteiger partial charge is 0.347 e. The Labute approximate surface area is 193 Å². The maximum atomic E-state index is 12.6. The van der Waals surface area contributed by atoms with Crippen LogP contribution in [0.1, 0.15) is 15.2 Å². The van der Waals surface area contributed by atoms with E-state index in [0.29, 0.717) is 16.4 Å². The van der Waals surface area contributed by atoms with Crippen LogP contribution in [0, 0.1) is 0 Å². The van der Waals surface area contributed by atoms with Crippen molar-refractivity contribution >= 4 is 50.3 Å². The van der Waals surface area contributed by atoms with E-state index in [1.807, 2.05) is 66.7 Å². The highest BCUT2D eigenvalue weighted by atomic mass is 35.5. The molecule has 5 aromatic rings. The summed E-state index contributed by atoms with van der Waals surface area (Å²) in [6.07, 6.45) is 0. The Hall–Kier alpha value is -2.99. The topological polar surface area (TPSA) is 42.0 Å².